The molecular formula is C9H9F3O3S. The minimum Gasteiger partial charge on any atom is -0.267 e. The van der Waals surface area contributed by atoms with Crippen LogP contribution in [0.1, 0.15) is 12.5 Å². The Morgan fingerprint density at radius 3 is 2.31 bits per heavy atom. The van der Waals surface area contributed by atoms with Gasteiger partial charge in [0.1, 0.15) is 4.90 Å². The first-order chi connectivity index (χ1) is 7.29. The lowest BCUT2D eigenvalue weighted by molar-refractivity contribution is -0.140. The third-order valence-electron chi connectivity index (χ3n) is 1.73. The van der Waals surface area contributed by atoms with E-state index in [9.17, 15) is 21.6 Å². The molecule has 0 unspecified atom stereocenters. The molecule has 3 nitrogen and oxygen atoms in total. The second kappa shape index (κ2) is 4.42. The summed E-state index contributed by atoms with van der Waals surface area (Å²) in [6.45, 7) is 1.17. The van der Waals surface area contributed by atoms with E-state index in [2.05, 4.69) is 4.18 Å². The van der Waals surface area contributed by atoms with E-state index in [0.29, 0.717) is 6.07 Å². The van der Waals surface area contributed by atoms with Crippen LogP contribution in [0.3, 0.4) is 0 Å². The second-order valence-corrected chi connectivity index (χ2v) is 4.44. The molecule has 90 valence electrons. The van der Waals surface area contributed by atoms with Crippen molar-refractivity contribution >= 4 is 10.1 Å². The van der Waals surface area contributed by atoms with Crippen LogP contribution in [0.4, 0.5) is 13.2 Å². The van der Waals surface area contributed by atoms with Gasteiger partial charge in [-0.3, -0.25) is 4.18 Å². The molecule has 0 aromatic heterocycles. The molecule has 0 aliphatic carbocycles. The summed E-state index contributed by atoms with van der Waals surface area (Å²) in [4.78, 5) is -0.857. The Balaban J connectivity index is 3.35. The van der Waals surface area contributed by atoms with Gasteiger partial charge in [0, 0.05) is 0 Å². The van der Waals surface area contributed by atoms with Crippen molar-refractivity contribution in [2.45, 2.75) is 18.0 Å². The van der Waals surface area contributed by atoms with E-state index in [4.69, 9.17) is 0 Å². The summed E-state index contributed by atoms with van der Waals surface area (Å²) in [5.74, 6) is 0. The van der Waals surface area contributed by atoms with Gasteiger partial charge in [0.25, 0.3) is 10.1 Å². The number of benzene rings is 1. The molecule has 1 rings (SSSR count). The van der Waals surface area contributed by atoms with E-state index in [0.717, 1.165) is 12.1 Å². The van der Waals surface area contributed by atoms with E-state index in [1.165, 1.54) is 13.0 Å². The van der Waals surface area contributed by atoms with Crippen LogP contribution in [0, 0.1) is 0 Å². The highest BCUT2D eigenvalue weighted by molar-refractivity contribution is 7.86. The first-order valence-electron chi connectivity index (χ1n) is 4.34. The molecule has 0 fully saturated rings. The topological polar surface area (TPSA) is 43.4 Å². The van der Waals surface area contributed by atoms with E-state index >= 15 is 0 Å². The zero-order chi connectivity index (χ0) is 12.4. The van der Waals surface area contributed by atoms with Gasteiger partial charge in [0.05, 0.1) is 12.2 Å². The average molecular weight is 254 g/mol. The molecule has 7 heteroatoms. The third-order valence-corrected chi connectivity index (χ3v) is 3.18. The molecule has 0 saturated heterocycles. The number of rotatable bonds is 3. The van der Waals surface area contributed by atoms with Gasteiger partial charge in [-0.05, 0) is 19.1 Å². The maximum atomic E-state index is 12.5. The molecule has 0 heterocycles. The largest absolute Gasteiger partial charge is 0.417 e. The van der Waals surface area contributed by atoms with Crippen molar-refractivity contribution in [1.82, 2.24) is 0 Å². The summed E-state index contributed by atoms with van der Waals surface area (Å²) in [6.07, 6.45) is -4.72. The highest BCUT2D eigenvalue weighted by atomic mass is 32.2. The molecule has 1 aromatic carbocycles. The molecule has 1 aromatic rings. The summed E-state index contributed by atoms with van der Waals surface area (Å²) < 4.78 is 64.6. The summed E-state index contributed by atoms with van der Waals surface area (Å²) in [6, 6.07) is 3.90. The van der Waals surface area contributed by atoms with Crippen molar-refractivity contribution < 1.29 is 25.8 Å². The van der Waals surface area contributed by atoms with Gasteiger partial charge in [-0.1, -0.05) is 12.1 Å². The van der Waals surface area contributed by atoms with Crippen LogP contribution in [0.5, 0.6) is 0 Å². The Bertz CT molecular complexity index is 465. The smallest absolute Gasteiger partial charge is 0.267 e. The lowest BCUT2D eigenvalue weighted by atomic mass is 10.2. The van der Waals surface area contributed by atoms with Gasteiger partial charge in [0.15, 0.2) is 0 Å². The summed E-state index contributed by atoms with van der Waals surface area (Å²) in [5, 5.41) is 0. The number of hydrogen-bond donors (Lipinski definition) is 0. The van der Waals surface area contributed by atoms with Gasteiger partial charge in [-0.2, -0.15) is 21.6 Å². The lowest BCUT2D eigenvalue weighted by Gasteiger charge is -2.12. The van der Waals surface area contributed by atoms with Crippen LogP contribution in [-0.2, 0) is 20.5 Å². The number of halogens is 3. The minimum atomic E-state index is -4.72. The lowest BCUT2D eigenvalue weighted by Crippen LogP contribution is -2.14. The molecule has 0 bridgehead atoms. The van der Waals surface area contributed by atoms with Crippen molar-refractivity contribution in [3.8, 4) is 0 Å². The van der Waals surface area contributed by atoms with Gasteiger partial charge in [0.2, 0.25) is 0 Å². The second-order valence-electron chi connectivity index (χ2n) is 2.85. The van der Waals surface area contributed by atoms with Gasteiger partial charge < -0.3 is 0 Å². The molecule has 0 saturated carbocycles. The predicted octanol–water partition coefficient (Wildman–Crippen LogP) is 2.43. The fourth-order valence-corrected chi connectivity index (χ4v) is 2.27. The number of hydrogen-bond acceptors (Lipinski definition) is 3. The molecule has 0 atom stereocenters. The number of alkyl halides is 3. The van der Waals surface area contributed by atoms with E-state index in [-0.39, 0.29) is 6.61 Å². The predicted molar refractivity (Wildman–Crippen MR) is 50.3 cm³/mol. The van der Waals surface area contributed by atoms with Crippen LogP contribution in [-0.4, -0.2) is 15.0 Å². The monoisotopic (exact) mass is 254 g/mol. The van der Waals surface area contributed by atoms with Crippen molar-refractivity contribution in [2.75, 3.05) is 6.61 Å². The zero-order valence-electron chi connectivity index (χ0n) is 8.28. The fourth-order valence-electron chi connectivity index (χ4n) is 1.14. The Kier molecular flexibility index (Phi) is 3.59. The van der Waals surface area contributed by atoms with Gasteiger partial charge in [-0.25, -0.2) is 0 Å². The SMILES string of the molecule is CCOS(=O)(=O)c1ccccc1C(F)(F)F. The first-order valence-corrected chi connectivity index (χ1v) is 5.75. The maximum Gasteiger partial charge on any atom is 0.417 e. The minimum absolute atomic E-state index is 0.214. The van der Waals surface area contributed by atoms with Crippen molar-refractivity contribution in [3.05, 3.63) is 29.8 Å². The molecule has 0 N–H and O–H groups in total. The highest BCUT2D eigenvalue weighted by Crippen LogP contribution is 2.34. The normalized spacial score (nSPS) is 12.8. The van der Waals surface area contributed by atoms with Crippen molar-refractivity contribution in [3.63, 3.8) is 0 Å². The molecule has 0 aliphatic heterocycles. The van der Waals surface area contributed by atoms with Gasteiger partial charge >= 0.3 is 6.18 Å². The third kappa shape index (κ3) is 2.73. The van der Waals surface area contributed by atoms with Gasteiger partial charge in [-0.15, -0.1) is 0 Å². The molecule has 0 amide bonds. The van der Waals surface area contributed by atoms with Crippen LogP contribution in [0.2, 0.25) is 0 Å². The van der Waals surface area contributed by atoms with Crippen LogP contribution in [0.25, 0.3) is 0 Å². The summed E-state index contributed by atoms with van der Waals surface area (Å²) >= 11 is 0. The van der Waals surface area contributed by atoms with Crippen LogP contribution < -0.4 is 0 Å². The quantitative estimate of drug-likeness (QED) is 0.778. The molecule has 0 spiro atoms. The Morgan fingerprint density at radius 1 is 1.25 bits per heavy atom. The Morgan fingerprint density at radius 2 is 1.81 bits per heavy atom. The Labute approximate surface area is 91.0 Å². The molecule has 0 aliphatic rings. The van der Waals surface area contributed by atoms with E-state index in [1.807, 2.05) is 0 Å². The first kappa shape index (κ1) is 13.0. The molecular weight excluding hydrogens is 245 g/mol. The van der Waals surface area contributed by atoms with E-state index in [1.54, 1.807) is 0 Å². The zero-order valence-corrected chi connectivity index (χ0v) is 9.10. The van der Waals surface area contributed by atoms with E-state index < -0.39 is 26.8 Å². The highest BCUT2D eigenvalue weighted by Gasteiger charge is 2.37. The molecule has 16 heavy (non-hydrogen) atoms. The van der Waals surface area contributed by atoms with Crippen molar-refractivity contribution in [2.24, 2.45) is 0 Å². The maximum absolute atomic E-state index is 12.5. The average Bonchev–Trinajstić information content (AvgIpc) is 2.16. The summed E-state index contributed by atoms with van der Waals surface area (Å²) in [7, 11) is -4.34. The molecule has 0 radical (unpaired) electrons. The van der Waals surface area contributed by atoms with Crippen LogP contribution in [0.15, 0.2) is 29.2 Å². The summed E-state index contributed by atoms with van der Waals surface area (Å²) in [5.41, 5.74) is -1.22. The standard InChI is InChI=1S/C9H9F3O3S/c1-2-15-16(13,14)8-6-4-3-5-7(8)9(10,11)12/h3-6H,2H2,1H3. The fraction of sp³-hybridized carbons (Fsp3) is 0.333. The van der Waals surface area contributed by atoms with Crippen LogP contribution >= 0.6 is 0 Å². The van der Waals surface area contributed by atoms with Crippen molar-refractivity contribution in [1.29, 1.82) is 0 Å². The Hall–Kier alpha value is -1.08.